The van der Waals surface area contributed by atoms with Gasteiger partial charge in [-0.15, -0.1) is 0 Å². The van der Waals surface area contributed by atoms with Crippen LogP contribution >= 0.6 is 0 Å². The number of carbonyl (C=O) groups is 3. The number of hydrogen-bond acceptors (Lipinski definition) is 8. The van der Waals surface area contributed by atoms with Crippen molar-refractivity contribution < 1.29 is 32.3 Å². The number of rotatable bonds is 10. The summed E-state index contributed by atoms with van der Waals surface area (Å²) in [6.07, 6.45) is 8.84. The van der Waals surface area contributed by atoms with Crippen molar-refractivity contribution in [1.82, 2.24) is 25.1 Å². The molecule has 4 bridgehead atoms. The van der Waals surface area contributed by atoms with Crippen LogP contribution in [0.25, 0.3) is 6.20 Å². The molecule has 2 unspecified atom stereocenters. The van der Waals surface area contributed by atoms with E-state index in [2.05, 4.69) is 25.2 Å². The highest BCUT2D eigenvalue weighted by atomic mass is 32.2. The van der Waals surface area contributed by atoms with Gasteiger partial charge in [-0.05, 0) is 75.7 Å². The average molecular weight is 580 g/mol. The maximum atomic E-state index is 13.6. The van der Waals surface area contributed by atoms with Crippen molar-refractivity contribution in [2.24, 2.45) is 29.1 Å². The molecule has 0 saturated heterocycles. The summed E-state index contributed by atoms with van der Waals surface area (Å²) >= 11 is 0. The molecule has 2 atom stereocenters. The lowest BCUT2D eigenvalue weighted by Crippen LogP contribution is -2.62. The van der Waals surface area contributed by atoms with Gasteiger partial charge in [0.1, 0.15) is 5.56 Å². The summed E-state index contributed by atoms with van der Waals surface area (Å²) in [6.45, 7) is 7.97. The number of alkyl carbamates (subject to hydrolysis) is 1. The smallest absolute Gasteiger partial charge is 0.407 e. The first-order valence-electron chi connectivity index (χ1n) is 13.7. The Kier molecular flexibility index (Phi) is 8.26. The zero-order valence-corrected chi connectivity index (χ0v) is 24.8. The molecule has 0 radical (unpaired) electrons. The van der Waals surface area contributed by atoms with E-state index in [0.717, 1.165) is 19.1 Å². The van der Waals surface area contributed by atoms with E-state index in [9.17, 15) is 22.8 Å². The molecule has 0 aromatic carbocycles. The minimum absolute atomic E-state index is 0.0840. The van der Waals surface area contributed by atoms with Crippen molar-refractivity contribution >= 4 is 34.1 Å². The molecule has 0 aliphatic heterocycles. The van der Waals surface area contributed by atoms with E-state index in [1.54, 1.807) is 26.1 Å². The molecule has 1 aromatic heterocycles. The van der Waals surface area contributed by atoms with Crippen LogP contribution in [0.1, 0.15) is 70.2 Å². The lowest BCUT2D eigenvalue weighted by molar-refractivity contribution is -0.146. The summed E-state index contributed by atoms with van der Waals surface area (Å²) in [4.78, 5) is 38.3. The fourth-order valence-electron chi connectivity index (χ4n) is 6.66. The summed E-state index contributed by atoms with van der Waals surface area (Å²) in [5.74, 6) is 0.291. The molecule has 3 N–H and O–H groups in total. The zero-order chi connectivity index (χ0) is 29.5. The maximum absolute atomic E-state index is 13.6. The zero-order valence-electron chi connectivity index (χ0n) is 24.0. The molecule has 1 aromatic rings. The molecular formula is C27H41N5O7S. The van der Waals surface area contributed by atoms with Crippen LogP contribution in [-0.4, -0.2) is 67.7 Å². The molecule has 4 saturated carbocycles. The van der Waals surface area contributed by atoms with Gasteiger partial charge in [0.25, 0.3) is 5.91 Å². The normalized spacial score (nSPS) is 27.6. The first-order chi connectivity index (χ1) is 18.6. The maximum Gasteiger partial charge on any atom is 0.407 e. The van der Waals surface area contributed by atoms with Gasteiger partial charge in [-0.3, -0.25) is 14.3 Å². The van der Waals surface area contributed by atoms with Crippen molar-refractivity contribution in [3.8, 4) is 5.88 Å². The van der Waals surface area contributed by atoms with E-state index in [0.29, 0.717) is 43.2 Å². The van der Waals surface area contributed by atoms with Crippen molar-refractivity contribution in [2.45, 2.75) is 71.4 Å². The second-order valence-corrected chi connectivity index (χ2v) is 14.4. The van der Waals surface area contributed by atoms with Crippen molar-refractivity contribution in [1.29, 1.82) is 0 Å². The Morgan fingerprint density at radius 1 is 1.20 bits per heavy atom. The molecule has 1 heterocycles. The fourth-order valence-corrected chi connectivity index (χ4v) is 7.21. The molecular weight excluding hydrogens is 538 g/mol. The first-order valence-corrected chi connectivity index (χ1v) is 15.6. The number of nitrogens with zero attached hydrogens (tertiary/aromatic N) is 2. The third kappa shape index (κ3) is 6.61. The highest BCUT2D eigenvalue weighted by Gasteiger charge is 2.59. The quantitative estimate of drug-likeness (QED) is 0.382. The van der Waals surface area contributed by atoms with Crippen LogP contribution in [0.15, 0.2) is 12.3 Å². The van der Waals surface area contributed by atoms with E-state index in [-0.39, 0.29) is 29.7 Å². The Morgan fingerprint density at radius 3 is 2.42 bits per heavy atom. The highest BCUT2D eigenvalue weighted by Crippen LogP contribution is 2.60. The van der Waals surface area contributed by atoms with Gasteiger partial charge in [0.2, 0.25) is 21.8 Å². The molecule has 40 heavy (non-hydrogen) atoms. The van der Waals surface area contributed by atoms with Gasteiger partial charge >= 0.3 is 6.09 Å². The number of carbonyl (C=O) groups excluding carboxylic acids is 3. The van der Waals surface area contributed by atoms with Gasteiger partial charge in [0, 0.05) is 12.2 Å². The Labute approximate surface area is 235 Å². The monoisotopic (exact) mass is 579 g/mol. The Balaban J connectivity index is 1.52. The number of amides is 3. The number of ether oxygens (including phenoxy) is 2. The third-order valence-electron chi connectivity index (χ3n) is 8.12. The Hall–Kier alpha value is -3.09. The number of sulfonamides is 1. The third-order valence-corrected chi connectivity index (χ3v) is 8.68. The minimum Gasteiger partial charge on any atom is -0.477 e. The van der Waals surface area contributed by atoms with Crippen LogP contribution in [0.3, 0.4) is 0 Å². The van der Waals surface area contributed by atoms with E-state index >= 15 is 0 Å². The standard InChI is InChI=1S/C27H41N5O7S/c1-16(2)15-39-23-20(14-28-32(23)8-7-26(3,4)30-25(35)38-5)22(33)29-21-18-9-17-10-19(21)13-27(11-17,12-18)24(34)31-40(6,36)37/h7-8,14,16-19,21H,9-13,15H2,1-6H3,(H,29,33)(H,30,35)(H,31,34)/b8-7+/t17?,18?,19?,21-,27-. The van der Waals surface area contributed by atoms with Gasteiger partial charge in [-0.1, -0.05) is 13.8 Å². The molecule has 0 spiro atoms. The van der Waals surface area contributed by atoms with E-state index in [1.807, 2.05) is 13.8 Å². The molecule has 4 aliphatic carbocycles. The molecule has 12 nitrogen and oxygen atoms in total. The van der Waals surface area contributed by atoms with Crippen LogP contribution in [0.2, 0.25) is 0 Å². The van der Waals surface area contributed by atoms with Gasteiger partial charge in [-0.2, -0.15) is 5.10 Å². The number of aromatic nitrogens is 2. The summed E-state index contributed by atoms with van der Waals surface area (Å²) < 4.78 is 37.9. The highest BCUT2D eigenvalue weighted by molar-refractivity contribution is 7.89. The van der Waals surface area contributed by atoms with Crippen molar-refractivity contribution in [3.05, 3.63) is 17.8 Å². The molecule has 4 fully saturated rings. The van der Waals surface area contributed by atoms with E-state index < -0.39 is 33.0 Å². The largest absolute Gasteiger partial charge is 0.477 e. The number of nitrogens with one attached hydrogen (secondary N) is 3. The topological polar surface area (TPSA) is 158 Å². The van der Waals surface area contributed by atoms with Crippen molar-refractivity contribution in [2.75, 3.05) is 20.0 Å². The Bertz CT molecular complexity index is 1270. The lowest BCUT2D eigenvalue weighted by atomic mass is 9.47. The van der Waals surface area contributed by atoms with Crippen LogP contribution in [0.5, 0.6) is 5.88 Å². The predicted molar refractivity (Wildman–Crippen MR) is 148 cm³/mol. The van der Waals surface area contributed by atoms with Crippen LogP contribution < -0.4 is 20.1 Å². The second-order valence-electron chi connectivity index (χ2n) is 12.6. The molecule has 4 aliphatic rings. The second kappa shape index (κ2) is 11.1. The minimum atomic E-state index is -3.65. The summed E-state index contributed by atoms with van der Waals surface area (Å²) in [5, 5.41) is 10.3. The van der Waals surface area contributed by atoms with E-state index in [4.69, 9.17) is 4.74 Å². The lowest BCUT2D eigenvalue weighted by Gasteiger charge is -2.59. The van der Waals surface area contributed by atoms with Crippen molar-refractivity contribution in [3.63, 3.8) is 0 Å². The molecule has 5 rings (SSSR count). The van der Waals surface area contributed by atoms with Crippen LogP contribution in [0, 0.1) is 29.1 Å². The predicted octanol–water partition coefficient (Wildman–Crippen LogP) is 2.52. The number of methoxy groups -OCH3 is 1. The fraction of sp³-hybridized carbons (Fsp3) is 0.704. The molecule has 3 amide bonds. The van der Waals surface area contributed by atoms with Crippen LogP contribution in [-0.2, 0) is 19.6 Å². The molecule has 13 heteroatoms. The number of hydrogen-bond donors (Lipinski definition) is 3. The summed E-state index contributed by atoms with van der Waals surface area (Å²) in [5.41, 5.74) is -1.16. The first kappa shape index (κ1) is 29.9. The van der Waals surface area contributed by atoms with Gasteiger partial charge in [0.05, 0.1) is 37.1 Å². The molecule has 222 valence electrons. The van der Waals surface area contributed by atoms with Gasteiger partial charge in [-0.25, -0.2) is 17.9 Å². The van der Waals surface area contributed by atoms with E-state index in [1.165, 1.54) is 18.0 Å². The Morgan fingerprint density at radius 2 is 1.85 bits per heavy atom. The summed E-state index contributed by atoms with van der Waals surface area (Å²) in [6, 6.07) is -0.122. The average Bonchev–Trinajstić information content (AvgIpc) is 3.24. The van der Waals surface area contributed by atoms with Crippen LogP contribution in [0.4, 0.5) is 4.79 Å². The SMILES string of the molecule is COC(=O)NC(C)(C)/C=C/n1ncc(C(=O)N[C@H]2C3CC4CC2C[C@](C(=O)NS(C)(=O)=O)(C4)C3)c1OCC(C)C. The van der Waals surface area contributed by atoms with Gasteiger partial charge < -0.3 is 20.1 Å². The van der Waals surface area contributed by atoms with Gasteiger partial charge in [0.15, 0.2) is 0 Å². The summed E-state index contributed by atoms with van der Waals surface area (Å²) in [7, 11) is -2.36.